The number of rotatable bonds is 5. The van der Waals surface area contributed by atoms with Gasteiger partial charge in [-0.05, 0) is 30.3 Å². The van der Waals surface area contributed by atoms with E-state index in [1.165, 1.54) is 60.7 Å². The molecule has 0 amide bonds. The molecule has 0 saturated heterocycles. The zero-order valence-corrected chi connectivity index (χ0v) is 19.7. The molecule has 0 heterocycles. The van der Waals surface area contributed by atoms with E-state index < -0.39 is 68.9 Å². The molecule has 0 fully saturated rings. The van der Waals surface area contributed by atoms with Gasteiger partial charge in [0.1, 0.15) is 0 Å². The van der Waals surface area contributed by atoms with Gasteiger partial charge in [-0.15, -0.1) is 0 Å². The lowest BCUT2D eigenvalue weighted by atomic mass is 9.85. The second kappa shape index (κ2) is 9.93. The van der Waals surface area contributed by atoms with Crippen molar-refractivity contribution in [2.24, 2.45) is 0 Å². The molecule has 0 aromatic heterocycles. The average Bonchev–Trinajstić information content (AvgIpc) is 2.81. The molecule has 212 valence electrons. The molecule has 2 N–H and O–H groups in total. The molecular formula is C24H15F12O2S+. The highest BCUT2D eigenvalue weighted by molar-refractivity contribution is 7.97. The van der Waals surface area contributed by atoms with E-state index in [4.69, 9.17) is 0 Å². The third-order valence-corrected chi connectivity index (χ3v) is 7.77. The van der Waals surface area contributed by atoms with Gasteiger partial charge in [-0.1, -0.05) is 36.4 Å². The van der Waals surface area contributed by atoms with E-state index in [1.54, 1.807) is 0 Å². The van der Waals surface area contributed by atoms with Crippen LogP contribution < -0.4 is 0 Å². The normalized spacial score (nSPS) is 14.1. The minimum absolute atomic E-state index is 0.0285. The van der Waals surface area contributed by atoms with Crippen molar-refractivity contribution < 1.29 is 62.9 Å². The predicted octanol–water partition coefficient (Wildman–Crippen LogP) is 7.41. The summed E-state index contributed by atoms with van der Waals surface area (Å²) in [5.74, 6) is 0. The first kappa shape index (κ1) is 30.6. The maximum atomic E-state index is 13.7. The highest BCUT2D eigenvalue weighted by Crippen LogP contribution is 2.54. The van der Waals surface area contributed by atoms with Crippen molar-refractivity contribution in [1.29, 1.82) is 0 Å². The van der Waals surface area contributed by atoms with Crippen molar-refractivity contribution in [2.75, 3.05) is 0 Å². The summed E-state index contributed by atoms with van der Waals surface area (Å²) in [5.41, 5.74) is -16.6. The maximum Gasteiger partial charge on any atom is 0.430 e. The van der Waals surface area contributed by atoms with E-state index >= 15 is 0 Å². The number of hydrogen-bond donors (Lipinski definition) is 2. The molecule has 3 rings (SSSR count). The smallest absolute Gasteiger partial charge is 0.369 e. The zero-order chi connectivity index (χ0) is 29.7. The van der Waals surface area contributed by atoms with Crippen molar-refractivity contribution in [1.82, 2.24) is 0 Å². The van der Waals surface area contributed by atoms with Crippen molar-refractivity contribution in [3.63, 3.8) is 0 Å². The van der Waals surface area contributed by atoms with Crippen LogP contribution in [0.15, 0.2) is 93.5 Å². The third kappa shape index (κ3) is 5.31. The van der Waals surface area contributed by atoms with Crippen LogP contribution in [0.3, 0.4) is 0 Å². The summed E-state index contributed by atoms with van der Waals surface area (Å²) in [7, 11) is -1.90. The average molecular weight is 595 g/mol. The molecule has 3 aromatic carbocycles. The van der Waals surface area contributed by atoms with Gasteiger partial charge in [-0.2, -0.15) is 52.7 Å². The molecule has 15 heteroatoms. The number of halogens is 12. The topological polar surface area (TPSA) is 40.5 Å². The molecule has 0 aliphatic carbocycles. The Morgan fingerprint density at radius 3 is 0.949 bits per heavy atom. The summed E-state index contributed by atoms with van der Waals surface area (Å²) in [4.78, 5) is -0.743. The van der Waals surface area contributed by atoms with Crippen molar-refractivity contribution >= 4 is 10.9 Å². The number of aliphatic hydroxyl groups is 2. The fraction of sp³-hybridized carbons (Fsp3) is 0.250. The molecule has 0 atom stereocenters. The third-order valence-electron chi connectivity index (χ3n) is 5.58. The summed E-state index contributed by atoms with van der Waals surface area (Å²) >= 11 is 0. The summed E-state index contributed by atoms with van der Waals surface area (Å²) in [6, 6.07) is 12.8. The van der Waals surface area contributed by atoms with E-state index in [9.17, 15) is 62.9 Å². The monoisotopic (exact) mass is 595 g/mol. The summed E-state index contributed by atoms with van der Waals surface area (Å²) in [6.07, 6.45) is -26.6. The minimum Gasteiger partial charge on any atom is -0.369 e. The van der Waals surface area contributed by atoms with Crippen molar-refractivity contribution in [3.05, 3.63) is 90.0 Å². The Bertz CT molecular complexity index is 1160. The highest BCUT2D eigenvalue weighted by atomic mass is 32.2. The standard InChI is InChI=1S/C24H15F12O2S/c25-21(26,27)19(37,22(28,29)30)14-11-15(20(38,23(31,32)33)24(34,35)36)13-18(12-14)39(16-7-3-1-4-8-16)17-9-5-2-6-10-17/h1-13,37-38H/q+1. The summed E-state index contributed by atoms with van der Waals surface area (Å²) in [5, 5.41) is 19.8. The second-order valence-corrected chi connectivity index (χ2v) is 10.1. The first-order chi connectivity index (χ1) is 17.7. The van der Waals surface area contributed by atoms with Gasteiger partial charge in [0.15, 0.2) is 14.7 Å². The fourth-order valence-corrected chi connectivity index (χ4v) is 5.80. The molecule has 2 nitrogen and oxygen atoms in total. The molecule has 0 saturated carbocycles. The molecule has 0 spiro atoms. The highest BCUT2D eigenvalue weighted by Gasteiger charge is 2.74. The lowest BCUT2D eigenvalue weighted by molar-refractivity contribution is -0.378. The van der Waals surface area contributed by atoms with Crippen LogP contribution in [0.1, 0.15) is 11.1 Å². The van der Waals surface area contributed by atoms with Gasteiger partial charge in [-0.25, -0.2) is 0 Å². The zero-order valence-electron chi connectivity index (χ0n) is 18.8. The van der Waals surface area contributed by atoms with Crippen LogP contribution >= 0.6 is 0 Å². The molecule has 0 bridgehead atoms. The molecule has 39 heavy (non-hydrogen) atoms. The quantitative estimate of drug-likeness (QED) is 0.238. The first-order valence-corrected chi connectivity index (χ1v) is 11.6. The van der Waals surface area contributed by atoms with Crippen LogP contribution in [0.25, 0.3) is 0 Å². The van der Waals surface area contributed by atoms with Crippen LogP contribution in [-0.2, 0) is 22.1 Å². The van der Waals surface area contributed by atoms with Crippen LogP contribution in [0, 0.1) is 0 Å². The van der Waals surface area contributed by atoms with Gasteiger partial charge in [0.2, 0.25) is 0 Å². The van der Waals surface area contributed by atoms with Gasteiger partial charge < -0.3 is 10.2 Å². The van der Waals surface area contributed by atoms with Gasteiger partial charge >= 0.3 is 24.7 Å². The number of hydrogen-bond acceptors (Lipinski definition) is 2. The van der Waals surface area contributed by atoms with Gasteiger partial charge in [0.25, 0.3) is 11.2 Å². The number of alkyl halides is 12. The maximum absolute atomic E-state index is 13.7. The van der Waals surface area contributed by atoms with Crippen molar-refractivity contribution in [2.45, 2.75) is 50.6 Å². The second-order valence-electron chi connectivity index (χ2n) is 8.09. The molecule has 0 aliphatic heterocycles. The Kier molecular flexibility index (Phi) is 7.80. The Morgan fingerprint density at radius 1 is 0.410 bits per heavy atom. The predicted molar refractivity (Wildman–Crippen MR) is 114 cm³/mol. The van der Waals surface area contributed by atoms with E-state index in [-0.39, 0.29) is 21.9 Å². The van der Waals surface area contributed by atoms with Crippen LogP contribution in [0.4, 0.5) is 52.7 Å². The Morgan fingerprint density at radius 2 is 0.692 bits per heavy atom. The minimum atomic E-state index is -6.65. The summed E-state index contributed by atoms with van der Waals surface area (Å²) < 4.78 is 164. The Balaban J connectivity index is 2.54. The van der Waals surface area contributed by atoms with E-state index in [0.29, 0.717) is 0 Å². The van der Waals surface area contributed by atoms with Crippen molar-refractivity contribution in [3.8, 4) is 0 Å². The fourth-order valence-electron chi connectivity index (χ4n) is 3.63. The lowest BCUT2D eigenvalue weighted by Crippen LogP contribution is -2.56. The Hall–Kier alpha value is -2.91. The largest absolute Gasteiger partial charge is 0.430 e. The number of benzene rings is 3. The molecule has 0 aliphatic rings. The molecule has 3 aromatic rings. The van der Waals surface area contributed by atoms with Gasteiger partial charge in [0.05, 0.1) is 10.9 Å². The first-order valence-electron chi connectivity index (χ1n) is 10.4. The van der Waals surface area contributed by atoms with Gasteiger partial charge in [-0.3, -0.25) is 0 Å². The van der Waals surface area contributed by atoms with Crippen LogP contribution in [-0.4, -0.2) is 34.9 Å². The van der Waals surface area contributed by atoms with E-state index in [2.05, 4.69) is 0 Å². The van der Waals surface area contributed by atoms with Crippen LogP contribution in [0.5, 0.6) is 0 Å². The molecule has 0 unspecified atom stereocenters. The molecule has 0 radical (unpaired) electrons. The SMILES string of the molecule is OC(c1cc([S+](c2ccccc2)c2ccccc2)cc(C(O)(C(F)(F)F)C(F)(F)F)c1)(C(F)(F)F)C(F)(F)F. The molecular weight excluding hydrogens is 580 g/mol. The van der Waals surface area contributed by atoms with E-state index in [1.807, 2.05) is 0 Å². The summed E-state index contributed by atoms with van der Waals surface area (Å²) in [6.45, 7) is 0. The Labute approximate surface area is 214 Å². The van der Waals surface area contributed by atoms with E-state index in [0.717, 1.165) is 0 Å². The lowest BCUT2D eigenvalue weighted by Gasteiger charge is -2.36. The van der Waals surface area contributed by atoms with Gasteiger partial charge in [0, 0.05) is 23.3 Å². The van der Waals surface area contributed by atoms with Crippen LogP contribution in [0.2, 0.25) is 0 Å².